The van der Waals surface area contributed by atoms with E-state index in [0.717, 1.165) is 69.0 Å². The third-order valence-electron chi connectivity index (χ3n) is 5.08. The molecule has 0 radical (unpaired) electrons. The first-order valence-corrected chi connectivity index (χ1v) is 9.13. The van der Waals surface area contributed by atoms with Crippen LogP contribution in [0.25, 0.3) is 10.9 Å². The van der Waals surface area contributed by atoms with Gasteiger partial charge in [0, 0.05) is 55.4 Å². The van der Waals surface area contributed by atoms with E-state index in [2.05, 4.69) is 22.9 Å². The highest BCUT2D eigenvalue weighted by molar-refractivity contribution is 5.88. The number of nitrogens with one attached hydrogen (secondary N) is 1. The number of methoxy groups -OCH3 is 2. The maximum atomic E-state index is 5.86. The van der Waals surface area contributed by atoms with E-state index in [9.17, 15) is 0 Å². The van der Waals surface area contributed by atoms with Crippen molar-refractivity contribution in [3.8, 4) is 11.5 Å². The summed E-state index contributed by atoms with van der Waals surface area (Å²) >= 11 is 0. The van der Waals surface area contributed by atoms with Gasteiger partial charge in [-0.3, -0.25) is 5.84 Å². The van der Waals surface area contributed by atoms with Crippen molar-refractivity contribution < 1.29 is 9.47 Å². The van der Waals surface area contributed by atoms with Gasteiger partial charge in [0.2, 0.25) is 0 Å². The number of aromatic nitrogens is 1. The summed E-state index contributed by atoms with van der Waals surface area (Å²) in [4.78, 5) is 6.10. The van der Waals surface area contributed by atoms with Crippen molar-refractivity contribution in [2.24, 2.45) is 5.84 Å². The van der Waals surface area contributed by atoms with Gasteiger partial charge in [-0.15, -0.1) is 12.4 Å². The van der Waals surface area contributed by atoms with Crippen LogP contribution in [0.4, 0.5) is 0 Å². The van der Waals surface area contributed by atoms with Gasteiger partial charge in [-0.1, -0.05) is 13.3 Å². The van der Waals surface area contributed by atoms with Gasteiger partial charge in [0.25, 0.3) is 0 Å². The molecular weight excluding hydrogens is 352 g/mol. The molecule has 1 aliphatic heterocycles. The van der Waals surface area contributed by atoms with Crippen molar-refractivity contribution in [3.63, 3.8) is 0 Å². The van der Waals surface area contributed by atoms with Crippen molar-refractivity contribution in [2.45, 2.75) is 26.2 Å². The number of ether oxygens (including phenoxy) is 2. The quantitative estimate of drug-likeness (QED) is 0.720. The van der Waals surface area contributed by atoms with Crippen molar-refractivity contribution in [1.82, 2.24) is 14.9 Å². The number of hydrogen-bond acceptors (Lipinski definition) is 5. The van der Waals surface area contributed by atoms with Crippen LogP contribution in [0, 0.1) is 0 Å². The molecule has 1 fully saturated rings. The van der Waals surface area contributed by atoms with Crippen LogP contribution in [-0.4, -0.2) is 61.8 Å². The third-order valence-corrected chi connectivity index (χ3v) is 5.08. The standard InChI is InChI=1S/C19H30N4O2.ClH/c1-4-5-16-14(6-7-22-8-10-23(20)11-9-22)15-12-18(24-2)19(25-3)13-17(15)21-16;/h12-13,21H,4-11,20H2,1-3H3;1H. The van der Waals surface area contributed by atoms with Crippen LogP contribution < -0.4 is 15.3 Å². The molecule has 3 rings (SSSR count). The molecule has 1 saturated heterocycles. The zero-order chi connectivity index (χ0) is 17.8. The van der Waals surface area contributed by atoms with Crippen molar-refractivity contribution in [1.29, 1.82) is 0 Å². The molecule has 6 nitrogen and oxygen atoms in total. The summed E-state index contributed by atoms with van der Waals surface area (Å²) in [5.41, 5.74) is 3.88. The fourth-order valence-electron chi connectivity index (χ4n) is 3.64. The number of nitrogens with two attached hydrogens (primary N) is 1. The minimum Gasteiger partial charge on any atom is -0.493 e. The van der Waals surface area contributed by atoms with Crippen LogP contribution in [0.1, 0.15) is 24.6 Å². The average molecular weight is 383 g/mol. The van der Waals surface area contributed by atoms with Crippen molar-refractivity contribution in [3.05, 3.63) is 23.4 Å². The first-order chi connectivity index (χ1) is 12.2. The van der Waals surface area contributed by atoms with Gasteiger partial charge in [0.05, 0.1) is 14.2 Å². The molecule has 0 unspecified atom stereocenters. The molecule has 0 amide bonds. The lowest BCUT2D eigenvalue weighted by atomic mass is 10.0. The second-order valence-corrected chi connectivity index (χ2v) is 6.71. The minimum absolute atomic E-state index is 0. The Kier molecular flexibility index (Phi) is 7.58. The van der Waals surface area contributed by atoms with Gasteiger partial charge in [-0.2, -0.15) is 0 Å². The van der Waals surface area contributed by atoms with Crippen LogP contribution >= 0.6 is 12.4 Å². The number of H-pyrrole nitrogens is 1. The average Bonchev–Trinajstić information content (AvgIpc) is 2.96. The SMILES string of the molecule is CCCc1[nH]c2cc(OC)c(OC)cc2c1CCN1CCN(N)CC1.Cl. The molecule has 1 aromatic carbocycles. The molecule has 2 aromatic rings. The number of hydrogen-bond donors (Lipinski definition) is 2. The molecule has 26 heavy (non-hydrogen) atoms. The zero-order valence-corrected chi connectivity index (χ0v) is 16.8. The minimum atomic E-state index is 0. The molecule has 2 heterocycles. The third kappa shape index (κ3) is 4.43. The fourth-order valence-corrected chi connectivity index (χ4v) is 3.64. The molecule has 1 aliphatic rings. The summed E-state index contributed by atoms with van der Waals surface area (Å²) < 4.78 is 11.0. The Hall–Kier alpha value is -1.47. The maximum Gasteiger partial charge on any atom is 0.162 e. The topological polar surface area (TPSA) is 66.8 Å². The first-order valence-electron chi connectivity index (χ1n) is 9.13. The second kappa shape index (κ2) is 9.46. The number of aromatic amines is 1. The lowest BCUT2D eigenvalue weighted by Crippen LogP contribution is -2.49. The number of rotatable bonds is 7. The first kappa shape index (κ1) is 20.8. The normalized spacial score (nSPS) is 15.8. The Bertz CT molecular complexity index is 711. The van der Waals surface area contributed by atoms with Gasteiger partial charge in [0.1, 0.15) is 0 Å². The van der Waals surface area contributed by atoms with Gasteiger partial charge in [-0.25, -0.2) is 5.01 Å². The number of hydrazine groups is 1. The number of piperazine rings is 1. The maximum absolute atomic E-state index is 5.86. The predicted octanol–water partition coefficient (Wildman–Crippen LogP) is 2.59. The smallest absolute Gasteiger partial charge is 0.162 e. The highest BCUT2D eigenvalue weighted by Gasteiger charge is 2.18. The van der Waals surface area contributed by atoms with E-state index in [1.54, 1.807) is 14.2 Å². The van der Waals surface area contributed by atoms with Crippen LogP contribution in [0.3, 0.4) is 0 Å². The van der Waals surface area contributed by atoms with Crippen molar-refractivity contribution >= 4 is 23.3 Å². The molecule has 7 heteroatoms. The lowest BCUT2D eigenvalue weighted by Gasteiger charge is -2.31. The largest absolute Gasteiger partial charge is 0.493 e. The highest BCUT2D eigenvalue weighted by atomic mass is 35.5. The Morgan fingerprint density at radius 2 is 1.69 bits per heavy atom. The summed E-state index contributed by atoms with van der Waals surface area (Å²) in [5, 5.41) is 3.15. The molecule has 0 aliphatic carbocycles. The van der Waals surface area contributed by atoms with E-state index >= 15 is 0 Å². The van der Waals surface area contributed by atoms with E-state index in [0.29, 0.717) is 0 Å². The van der Waals surface area contributed by atoms with E-state index in [1.165, 1.54) is 16.6 Å². The van der Waals surface area contributed by atoms with Crippen LogP contribution in [0.15, 0.2) is 12.1 Å². The van der Waals surface area contributed by atoms with Gasteiger partial charge < -0.3 is 19.4 Å². The Labute approximate surface area is 162 Å². The van der Waals surface area contributed by atoms with E-state index in [-0.39, 0.29) is 12.4 Å². The zero-order valence-electron chi connectivity index (χ0n) is 16.0. The summed E-state index contributed by atoms with van der Waals surface area (Å²) in [6.07, 6.45) is 3.22. The Balaban J connectivity index is 0.00000243. The number of aryl methyl sites for hydroxylation is 1. The summed E-state index contributed by atoms with van der Waals surface area (Å²) in [6, 6.07) is 4.15. The molecule has 146 valence electrons. The molecule has 0 saturated carbocycles. The summed E-state index contributed by atoms with van der Waals surface area (Å²) in [7, 11) is 3.37. The summed E-state index contributed by atoms with van der Waals surface area (Å²) in [5.74, 6) is 7.42. The second-order valence-electron chi connectivity index (χ2n) is 6.71. The Morgan fingerprint density at radius 1 is 1.04 bits per heavy atom. The summed E-state index contributed by atoms with van der Waals surface area (Å²) in [6.45, 7) is 7.25. The number of fused-ring (bicyclic) bond motifs is 1. The fraction of sp³-hybridized carbons (Fsp3) is 0.579. The van der Waals surface area contributed by atoms with Crippen LogP contribution in [0.2, 0.25) is 0 Å². The van der Waals surface area contributed by atoms with E-state index in [4.69, 9.17) is 15.3 Å². The number of nitrogens with zero attached hydrogens (tertiary/aromatic N) is 2. The van der Waals surface area contributed by atoms with Gasteiger partial charge >= 0.3 is 0 Å². The van der Waals surface area contributed by atoms with Crippen LogP contribution in [0.5, 0.6) is 11.5 Å². The molecule has 1 aromatic heterocycles. The molecule has 0 atom stereocenters. The van der Waals surface area contributed by atoms with E-state index < -0.39 is 0 Å². The van der Waals surface area contributed by atoms with Crippen molar-refractivity contribution in [2.75, 3.05) is 46.9 Å². The number of halogens is 1. The molecule has 3 N–H and O–H groups in total. The number of benzene rings is 1. The van der Waals surface area contributed by atoms with Gasteiger partial charge in [0.15, 0.2) is 11.5 Å². The Morgan fingerprint density at radius 3 is 2.31 bits per heavy atom. The van der Waals surface area contributed by atoms with E-state index in [1.807, 2.05) is 11.1 Å². The molecule has 0 spiro atoms. The molecular formula is C19H31ClN4O2. The van der Waals surface area contributed by atoms with Gasteiger partial charge in [-0.05, 0) is 24.5 Å². The lowest BCUT2D eigenvalue weighted by molar-refractivity contribution is 0.135. The monoisotopic (exact) mass is 382 g/mol. The van der Waals surface area contributed by atoms with Crippen LogP contribution in [-0.2, 0) is 12.8 Å². The predicted molar refractivity (Wildman–Crippen MR) is 109 cm³/mol. The molecule has 0 bridgehead atoms. The highest BCUT2D eigenvalue weighted by Crippen LogP contribution is 2.35.